The molecule has 94 valence electrons. The first-order valence-corrected chi connectivity index (χ1v) is 6.04. The predicted octanol–water partition coefficient (Wildman–Crippen LogP) is 2.67. The molecule has 2 aromatic rings. The molecule has 0 saturated heterocycles. The molecule has 6 heteroatoms. The molecule has 18 heavy (non-hydrogen) atoms. The van der Waals surface area contributed by atoms with E-state index in [1.165, 1.54) is 6.07 Å². The summed E-state index contributed by atoms with van der Waals surface area (Å²) in [5.41, 5.74) is 7.43. The largest absolute Gasteiger partial charge is 0.389 e. The van der Waals surface area contributed by atoms with Gasteiger partial charge in [0, 0.05) is 5.56 Å². The number of nitrogens with zero attached hydrogens (tertiary/aromatic N) is 2. The zero-order valence-electron chi connectivity index (χ0n) is 9.65. The van der Waals surface area contributed by atoms with Crippen molar-refractivity contribution in [3.05, 3.63) is 52.1 Å². The number of hydrogen-bond donors (Lipinski definition) is 1. The van der Waals surface area contributed by atoms with E-state index in [4.69, 9.17) is 29.6 Å². The van der Waals surface area contributed by atoms with Crippen LogP contribution in [0.25, 0.3) is 0 Å². The van der Waals surface area contributed by atoms with E-state index in [0.717, 1.165) is 11.3 Å². The van der Waals surface area contributed by atoms with E-state index in [-0.39, 0.29) is 10.6 Å². The number of rotatable bonds is 3. The minimum atomic E-state index is -0.415. The van der Waals surface area contributed by atoms with E-state index < -0.39 is 5.82 Å². The van der Waals surface area contributed by atoms with E-state index in [0.29, 0.717) is 11.6 Å². The van der Waals surface area contributed by atoms with Gasteiger partial charge < -0.3 is 5.73 Å². The van der Waals surface area contributed by atoms with E-state index in [2.05, 4.69) is 5.10 Å². The summed E-state index contributed by atoms with van der Waals surface area (Å²) in [4.78, 5) is 0.0459. The van der Waals surface area contributed by atoms with Crippen LogP contribution in [0.4, 0.5) is 4.39 Å². The molecule has 2 rings (SSSR count). The lowest BCUT2D eigenvalue weighted by atomic mass is 10.1. The first-order chi connectivity index (χ1) is 8.49. The fraction of sp³-hybridized carbons (Fsp3) is 0.167. The number of benzene rings is 1. The molecule has 0 bridgehead atoms. The Labute approximate surface area is 114 Å². The number of nitrogens with two attached hydrogens (primary N) is 1. The molecule has 0 amide bonds. The van der Waals surface area contributed by atoms with E-state index in [1.807, 2.05) is 6.92 Å². The van der Waals surface area contributed by atoms with Gasteiger partial charge in [-0.3, -0.25) is 4.68 Å². The zero-order valence-corrected chi connectivity index (χ0v) is 11.2. The third-order valence-electron chi connectivity index (χ3n) is 2.67. The summed E-state index contributed by atoms with van der Waals surface area (Å²) < 4.78 is 15.2. The topological polar surface area (TPSA) is 43.8 Å². The molecule has 1 aromatic heterocycles. The van der Waals surface area contributed by atoms with Crippen LogP contribution in [0, 0.1) is 12.7 Å². The van der Waals surface area contributed by atoms with Crippen molar-refractivity contribution in [3.63, 3.8) is 0 Å². The molecule has 0 saturated carbocycles. The van der Waals surface area contributed by atoms with Gasteiger partial charge in [0.15, 0.2) is 0 Å². The van der Waals surface area contributed by atoms with Gasteiger partial charge in [0.25, 0.3) is 0 Å². The second-order valence-corrected chi connectivity index (χ2v) is 4.76. The molecule has 0 spiro atoms. The third-order valence-corrected chi connectivity index (χ3v) is 3.26. The second kappa shape index (κ2) is 5.04. The third kappa shape index (κ3) is 2.52. The van der Waals surface area contributed by atoms with Crippen molar-refractivity contribution in [2.45, 2.75) is 13.5 Å². The number of aromatic nitrogens is 2. The smallest absolute Gasteiger partial charge is 0.133 e. The summed E-state index contributed by atoms with van der Waals surface area (Å²) in [6, 6.07) is 4.66. The van der Waals surface area contributed by atoms with Crippen molar-refractivity contribution >= 4 is 28.8 Å². The standard InChI is InChI=1S/C12H11ClFN3S/c1-7-10(13)5-16-17(7)6-8-2-3-11(14)9(4-8)12(15)18/h2-5H,6H2,1H3,(H2,15,18). The molecule has 0 aliphatic carbocycles. The van der Waals surface area contributed by atoms with E-state index >= 15 is 0 Å². The SMILES string of the molecule is Cc1c(Cl)cnn1Cc1ccc(F)c(C(N)=S)c1. The minimum absolute atomic E-state index is 0.0459. The highest BCUT2D eigenvalue weighted by atomic mass is 35.5. The van der Waals surface area contributed by atoms with Crippen LogP contribution in [0.5, 0.6) is 0 Å². The first-order valence-electron chi connectivity index (χ1n) is 5.25. The monoisotopic (exact) mass is 283 g/mol. The van der Waals surface area contributed by atoms with Crippen molar-refractivity contribution in [1.82, 2.24) is 9.78 Å². The molecule has 2 N–H and O–H groups in total. The Hall–Kier alpha value is -1.46. The van der Waals surface area contributed by atoms with Crippen LogP contribution in [0.3, 0.4) is 0 Å². The van der Waals surface area contributed by atoms with Gasteiger partial charge in [-0.25, -0.2) is 4.39 Å². The molecule has 1 aromatic carbocycles. The molecule has 0 radical (unpaired) electrons. The maximum absolute atomic E-state index is 13.4. The molecular formula is C12H11ClFN3S. The second-order valence-electron chi connectivity index (χ2n) is 3.91. The van der Waals surface area contributed by atoms with Crippen LogP contribution in [0.2, 0.25) is 5.02 Å². The molecule has 0 atom stereocenters. The Bertz CT molecular complexity index is 609. The quantitative estimate of drug-likeness (QED) is 0.881. The summed E-state index contributed by atoms with van der Waals surface area (Å²) in [6.07, 6.45) is 1.58. The average Bonchev–Trinajstić information content (AvgIpc) is 2.63. The van der Waals surface area contributed by atoms with Gasteiger partial charge in [0.2, 0.25) is 0 Å². The van der Waals surface area contributed by atoms with E-state index in [1.54, 1.807) is 23.0 Å². The highest BCUT2D eigenvalue weighted by Gasteiger charge is 2.09. The van der Waals surface area contributed by atoms with Crippen molar-refractivity contribution in [3.8, 4) is 0 Å². The Morgan fingerprint density at radius 2 is 2.28 bits per heavy atom. The van der Waals surface area contributed by atoms with Crippen molar-refractivity contribution in [1.29, 1.82) is 0 Å². The zero-order chi connectivity index (χ0) is 13.3. The molecule has 0 unspecified atom stereocenters. The Balaban J connectivity index is 2.33. The minimum Gasteiger partial charge on any atom is -0.389 e. The summed E-state index contributed by atoms with van der Waals surface area (Å²) in [5.74, 6) is -0.415. The lowest BCUT2D eigenvalue weighted by Crippen LogP contribution is -2.13. The highest BCUT2D eigenvalue weighted by Crippen LogP contribution is 2.16. The first kappa shape index (κ1) is 13.0. The molecular weight excluding hydrogens is 273 g/mol. The molecule has 0 fully saturated rings. The van der Waals surface area contributed by atoms with E-state index in [9.17, 15) is 4.39 Å². The predicted molar refractivity (Wildman–Crippen MR) is 73.4 cm³/mol. The summed E-state index contributed by atoms with van der Waals surface area (Å²) in [6.45, 7) is 2.36. The number of thiocarbonyl (C=S) groups is 1. The van der Waals surface area contributed by atoms with Crippen LogP contribution in [0.1, 0.15) is 16.8 Å². The Kier molecular flexibility index (Phi) is 3.63. The molecule has 0 aliphatic heterocycles. The van der Waals surface area contributed by atoms with Crippen LogP contribution < -0.4 is 5.73 Å². The van der Waals surface area contributed by atoms with Gasteiger partial charge in [-0.1, -0.05) is 29.9 Å². The lowest BCUT2D eigenvalue weighted by Gasteiger charge is -2.07. The summed E-state index contributed by atoms with van der Waals surface area (Å²) in [7, 11) is 0. The Morgan fingerprint density at radius 1 is 1.56 bits per heavy atom. The molecule has 0 aliphatic rings. The van der Waals surface area contributed by atoms with Gasteiger partial charge in [-0.05, 0) is 24.6 Å². The van der Waals surface area contributed by atoms with Crippen LogP contribution in [0.15, 0.2) is 24.4 Å². The van der Waals surface area contributed by atoms with Gasteiger partial charge >= 0.3 is 0 Å². The average molecular weight is 284 g/mol. The molecule has 1 heterocycles. The maximum Gasteiger partial charge on any atom is 0.133 e. The highest BCUT2D eigenvalue weighted by molar-refractivity contribution is 7.80. The van der Waals surface area contributed by atoms with Crippen LogP contribution in [-0.4, -0.2) is 14.8 Å². The van der Waals surface area contributed by atoms with Gasteiger partial charge in [-0.2, -0.15) is 5.10 Å². The lowest BCUT2D eigenvalue weighted by molar-refractivity contribution is 0.621. The van der Waals surface area contributed by atoms with Gasteiger partial charge in [0.05, 0.1) is 23.5 Å². The van der Waals surface area contributed by atoms with Crippen LogP contribution >= 0.6 is 23.8 Å². The fourth-order valence-corrected chi connectivity index (χ4v) is 1.91. The number of halogens is 2. The Morgan fingerprint density at radius 3 is 2.83 bits per heavy atom. The summed E-state index contributed by atoms with van der Waals surface area (Å²) >= 11 is 10.7. The maximum atomic E-state index is 13.4. The van der Waals surface area contributed by atoms with Gasteiger partial charge in [0.1, 0.15) is 10.8 Å². The van der Waals surface area contributed by atoms with Gasteiger partial charge in [-0.15, -0.1) is 0 Å². The number of hydrogen-bond acceptors (Lipinski definition) is 2. The molecule has 3 nitrogen and oxygen atoms in total. The fourth-order valence-electron chi connectivity index (χ4n) is 1.62. The normalized spacial score (nSPS) is 10.6. The summed E-state index contributed by atoms with van der Waals surface area (Å²) in [5, 5.41) is 4.74. The van der Waals surface area contributed by atoms with Crippen LogP contribution in [-0.2, 0) is 6.54 Å². The van der Waals surface area contributed by atoms with Crippen molar-refractivity contribution in [2.24, 2.45) is 5.73 Å². The van der Waals surface area contributed by atoms with Crippen molar-refractivity contribution in [2.75, 3.05) is 0 Å². The van der Waals surface area contributed by atoms with Crippen molar-refractivity contribution < 1.29 is 4.39 Å².